The SMILES string of the molecule is Cc1c(CI)no[n+]1[O-]. The summed E-state index contributed by atoms with van der Waals surface area (Å²) in [5.41, 5.74) is 1.26. The molecule has 0 unspecified atom stereocenters. The third-order valence-corrected chi connectivity index (χ3v) is 1.77. The van der Waals surface area contributed by atoms with Gasteiger partial charge in [-0.25, -0.2) is 0 Å². The maximum absolute atomic E-state index is 10.5. The summed E-state index contributed by atoms with van der Waals surface area (Å²) in [6.45, 7) is 1.68. The standard InChI is InChI=1S/C4H5IN2O2/c1-3-4(2-5)6-9-7(3)8/h2H2,1H3. The van der Waals surface area contributed by atoms with Gasteiger partial charge in [-0.2, -0.15) is 0 Å². The summed E-state index contributed by atoms with van der Waals surface area (Å²) in [5.74, 6) is 0. The quantitative estimate of drug-likeness (QED) is 0.409. The van der Waals surface area contributed by atoms with Gasteiger partial charge in [-0.3, -0.25) is 4.63 Å². The molecule has 0 spiro atoms. The van der Waals surface area contributed by atoms with Gasteiger partial charge in [0.1, 0.15) is 0 Å². The minimum absolute atomic E-state index is 0.411. The topological polar surface area (TPSA) is 53.0 Å². The van der Waals surface area contributed by atoms with Crippen LogP contribution < -0.4 is 4.90 Å². The van der Waals surface area contributed by atoms with Crippen molar-refractivity contribution in [2.24, 2.45) is 0 Å². The van der Waals surface area contributed by atoms with Gasteiger partial charge in [0.25, 0.3) is 0 Å². The first-order valence-electron chi connectivity index (χ1n) is 2.37. The molecular weight excluding hydrogens is 235 g/mol. The summed E-state index contributed by atoms with van der Waals surface area (Å²) in [6.07, 6.45) is 0. The van der Waals surface area contributed by atoms with Crippen molar-refractivity contribution in [3.05, 3.63) is 16.6 Å². The zero-order chi connectivity index (χ0) is 6.85. The molecule has 1 heterocycles. The lowest BCUT2D eigenvalue weighted by Crippen LogP contribution is -2.25. The highest BCUT2D eigenvalue weighted by atomic mass is 127. The normalized spacial score (nSPS) is 10.0. The van der Waals surface area contributed by atoms with E-state index in [4.69, 9.17) is 0 Å². The van der Waals surface area contributed by atoms with Gasteiger partial charge in [-0.15, -0.1) is 0 Å². The minimum Gasteiger partial charge on any atom is -0.359 e. The average Bonchev–Trinajstić information content (AvgIpc) is 2.15. The Morgan fingerprint density at radius 3 is 2.78 bits per heavy atom. The number of aromatic nitrogens is 2. The van der Waals surface area contributed by atoms with Crippen LogP contribution in [-0.2, 0) is 4.43 Å². The lowest BCUT2D eigenvalue weighted by atomic mass is 10.4. The molecule has 1 rings (SSSR count). The maximum Gasteiger partial charge on any atom is 0.230 e. The number of hydrogen-bond acceptors (Lipinski definition) is 3. The predicted octanol–water partition coefficient (Wildman–Crippen LogP) is 0.551. The van der Waals surface area contributed by atoms with Crippen molar-refractivity contribution in [2.75, 3.05) is 0 Å². The fourth-order valence-electron chi connectivity index (χ4n) is 0.440. The third-order valence-electron chi connectivity index (χ3n) is 1.04. The van der Waals surface area contributed by atoms with E-state index >= 15 is 0 Å². The van der Waals surface area contributed by atoms with Crippen molar-refractivity contribution in [3.63, 3.8) is 0 Å². The number of alkyl halides is 1. The summed E-state index contributed by atoms with van der Waals surface area (Å²) < 4.78 is 5.00. The number of nitrogens with zero attached hydrogens (tertiary/aromatic N) is 2. The van der Waals surface area contributed by atoms with Gasteiger partial charge < -0.3 is 5.21 Å². The van der Waals surface area contributed by atoms with E-state index in [9.17, 15) is 5.21 Å². The summed E-state index contributed by atoms with van der Waals surface area (Å²) in [6, 6.07) is 0. The molecule has 1 aromatic heterocycles. The lowest BCUT2D eigenvalue weighted by molar-refractivity contribution is -0.806. The molecule has 0 atom stereocenters. The molecule has 0 aliphatic rings. The van der Waals surface area contributed by atoms with Crippen molar-refractivity contribution in [1.29, 1.82) is 0 Å². The average molecular weight is 240 g/mol. The lowest BCUT2D eigenvalue weighted by Gasteiger charge is -1.83. The molecule has 0 saturated carbocycles. The molecule has 0 saturated heterocycles. The first-order chi connectivity index (χ1) is 4.25. The van der Waals surface area contributed by atoms with Crippen LogP contribution in [0.15, 0.2) is 4.63 Å². The van der Waals surface area contributed by atoms with E-state index in [2.05, 4.69) is 32.4 Å². The van der Waals surface area contributed by atoms with Gasteiger partial charge in [0, 0.05) is 12.1 Å². The van der Waals surface area contributed by atoms with Crippen LogP contribution in [0.1, 0.15) is 11.4 Å². The molecule has 0 amide bonds. The van der Waals surface area contributed by atoms with Crippen molar-refractivity contribution in [3.8, 4) is 0 Å². The van der Waals surface area contributed by atoms with E-state index in [-0.39, 0.29) is 0 Å². The highest BCUT2D eigenvalue weighted by Crippen LogP contribution is 2.03. The Hall–Kier alpha value is -0.330. The molecule has 0 aliphatic heterocycles. The van der Waals surface area contributed by atoms with E-state index < -0.39 is 0 Å². The summed E-state index contributed by atoms with van der Waals surface area (Å²) in [7, 11) is 0. The third kappa shape index (κ3) is 1.15. The van der Waals surface area contributed by atoms with Crippen molar-refractivity contribution in [2.45, 2.75) is 11.4 Å². The highest BCUT2D eigenvalue weighted by Gasteiger charge is 2.10. The van der Waals surface area contributed by atoms with Gasteiger partial charge in [0.05, 0.1) is 4.43 Å². The molecule has 4 nitrogen and oxygen atoms in total. The van der Waals surface area contributed by atoms with E-state index in [1.165, 1.54) is 0 Å². The van der Waals surface area contributed by atoms with Crippen LogP contribution in [0.5, 0.6) is 0 Å². The Bertz CT molecular complexity index is 210. The largest absolute Gasteiger partial charge is 0.359 e. The smallest absolute Gasteiger partial charge is 0.230 e. The summed E-state index contributed by atoms with van der Waals surface area (Å²) >= 11 is 2.12. The zero-order valence-corrected chi connectivity index (χ0v) is 6.95. The monoisotopic (exact) mass is 240 g/mol. The molecule has 0 radical (unpaired) electrons. The van der Waals surface area contributed by atoms with Gasteiger partial charge in [0.2, 0.25) is 5.69 Å². The summed E-state index contributed by atoms with van der Waals surface area (Å²) in [5, 5.41) is 14.0. The molecule has 9 heavy (non-hydrogen) atoms. The van der Waals surface area contributed by atoms with Gasteiger partial charge in [-0.1, -0.05) is 22.6 Å². The van der Waals surface area contributed by atoms with Crippen molar-refractivity contribution < 1.29 is 9.53 Å². The van der Waals surface area contributed by atoms with E-state index in [0.29, 0.717) is 20.7 Å². The first-order valence-corrected chi connectivity index (χ1v) is 3.89. The Kier molecular flexibility index (Phi) is 1.89. The van der Waals surface area contributed by atoms with Gasteiger partial charge >= 0.3 is 0 Å². The minimum atomic E-state index is 0.411. The molecule has 0 fully saturated rings. The number of halogens is 1. The second-order valence-corrected chi connectivity index (χ2v) is 2.36. The van der Waals surface area contributed by atoms with Crippen LogP contribution in [0.2, 0.25) is 0 Å². The number of rotatable bonds is 1. The van der Waals surface area contributed by atoms with Gasteiger partial charge in [-0.05, 0) is 4.90 Å². The van der Waals surface area contributed by atoms with Crippen LogP contribution in [-0.4, -0.2) is 5.16 Å². The fraction of sp³-hybridized carbons (Fsp3) is 0.500. The fourth-order valence-corrected chi connectivity index (χ4v) is 1.13. The molecular formula is C4H5IN2O2. The number of hydrogen-bond donors (Lipinski definition) is 0. The Balaban J connectivity index is 3.04. The van der Waals surface area contributed by atoms with Gasteiger partial charge in [0.15, 0.2) is 5.69 Å². The van der Waals surface area contributed by atoms with E-state index in [1.807, 2.05) is 0 Å². The molecule has 0 aromatic carbocycles. The molecule has 0 aliphatic carbocycles. The van der Waals surface area contributed by atoms with Crippen molar-refractivity contribution >= 4 is 22.6 Å². The van der Waals surface area contributed by atoms with Crippen LogP contribution in [0.3, 0.4) is 0 Å². The van der Waals surface area contributed by atoms with Crippen LogP contribution in [0.25, 0.3) is 0 Å². The van der Waals surface area contributed by atoms with E-state index in [1.54, 1.807) is 6.92 Å². The molecule has 0 N–H and O–H groups in total. The van der Waals surface area contributed by atoms with E-state index in [0.717, 1.165) is 0 Å². The zero-order valence-electron chi connectivity index (χ0n) is 4.80. The van der Waals surface area contributed by atoms with Crippen molar-refractivity contribution in [1.82, 2.24) is 5.16 Å². The van der Waals surface area contributed by atoms with Crippen LogP contribution >= 0.6 is 22.6 Å². The molecule has 50 valence electrons. The Labute approximate surface area is 65.5 Å². The summed E-state index contributed by atoms with van der Waals surface area (Å²) in [4.78, 5) is 0.411. The molecule has 1 aromatic rings. The molecule has 5 heteroatoms. The second kappa shape index (κ2) is 2.51. The predicted molar refractivity (Wildman–Crippen MR) is 37.9 cm³/mol. The first kappa shape index (κ1) is 6.79. The Morgan fingerprint density at radius 2 is 2.56 bits per heavy atom. The molecule has 0 bridgehead atoms. The Morgan fingerprint density at radius 1 is 1.89 bits per heavy atom. The van der Waals surface area contributed by atoms with Crippen LogP contribution in [0.4, 0.5) is 0 Å². The maximum atomic E-state index is 10.5. The van der Waals surface area contributed by atoms with Crippen LogP contribution in [0, 0.1) is 12.1 Å². The second-order valence-electron chi connectivity index (χ2n) is 1.60. The highest BCUT2D eigenvalue weighted by molar-refractivity contribution is 14.1.